The number of aromatic nitrogens is 2. The molecular formula is C21H23N3O4S. The van der Waals surface area contributed by atoms with Crippen LogP contribution in [0.2, 0.25) is 0 Å². The van der Waals surface area contributed by atoms with Gasteiger partial charge in [-0.05, 0) is 42.3 Å². The van der Waals surface area contributed by atoms with Crippen LogP contribution in [0.15, 0.2) is 39.5 Å². The lowest BCUT2D eigenvalue weighted by Crippen LogP contribution is -2.40. The van der Waals surface area contributed by atoms with Gasteiger partial charge in [0.1, 0.15) is 11.5 Å². The van der Waals surface area contributed by atoms with Crippen molar-refractivity contribution in [3.05, 3.63) is 46.5 Å². The van der Waals surface area contributed by atoms with Crippen molar-refractivity contribution in [3.8, 4) is 22.9 Å². The van der Waals surface area contributed by atoms with Crippen molar-refractivity contribution in [2.45, 2.75) is 19.3 Å². The average Bonchev–Trinajstić information content (AvgIpc) is 3.45. The summed E-state index contributed by atoms with van der Waals surface area (Å²) >= 11 is 1.60. The summed E-state index contributed by atoms with van der Waals surface area (Å²) in [6.07, 6.45) is 2.65. The molecule has 7 nitrogen and oxygen atoms in total. The van der Waals surface area contributed by atoms with Crippen LogP contribution in [0.5, 0.6) is 11.5 Å². The Morgan fingerprint density at radius 3 is 2.76 bits per heavy atom. The van der Waals surface area contributed by atoms with Crippen LogP contribution >= 0.6 is 11.3 Å². The Kier molecular flexibility index (Phi) is 5.80. The number of methoxy groups -OCH3 is 2. The largest absolute Gasteiger partial charge is 0.497 e. The van der Waals surface area contributed by atoms with E-state index in [1.165, 1.54) is 0 Å². The van der Waals surface area contributed by atoms with Gasteiger partial charge < -0.3 is 18.9 Å². The molecule has 4 rings (SSSR count). The van der Waals surface area contributed by atoms with Crippen molar-refractivity contribution >= 4 is 17.2 Å². The Bertz CT molecular complexity index is 948. The van der Waals surface area contributed by atoms with Crippen molar-refractivity contribution < 1.29 is 18.8 Å². The number of carbonyl (C=O) groups excluding carboxylic acids is 1. The topological polar surface area (TPSA) is 77.7 Å². The molecule has 29 heavy (non-hydrogen) atoms. The first kappa shape index (κ1) is 19.4. The molecule has 1 aliphatic heterocycles. The molecule has 3 aromatic rings. The van der Waals surface area contributed by atoms with Crippen LogP contribution in [-0.4, -0.2) is 48.3 Å². The highest BCUT2D eigenvalue weighted by molar-refractivity contribution is 7.08. The Morgan fingerprint density at radius 2 is 2.07 bits per heavy atom. The number of likely N-dealkylation sites (tertiary alicyclic amines) is 1. The van der Waals surface area contributed by atoms with Crippen molar-refractivity contribution in [1.82, 2.24) is 15.0 Å². The lowest BCUT2D eigenvalue weighted by Gasteiger charge is -2.32. The number of rotatable bonds is 6. The smallest absolute Gasteiger partial charge is 0.254 e. The molecule has 1 saturated heterocycles. The standard InChI is InChI=1S/C21H23N3O4S/c1-26-17-9-16(10-18(11-17)27-2)21(25)24-6-3-4-14(12-24)8-19-22-20(23-28-19)15-5-7-29-13-15/h5,7,9-11,13-14H,3-4,6,8,12H2,1-2H3. The van der Waals surface area contributed by atoms with Gasteiger partial charge in [-0.1, -0.05) is 5.16 Å². The van der Waals surface area contributed by atoms with Gasteiger partial charge in [0, 0.05) is 42.1 Å². The third-order valence-corrected chi connectivity index (χ3v) is 5.80. The van der Waals surface area contributed by atoms with Crippen LogP contribution in [0, 0.1) is 5.92 Å². The minimum absolute atomic E-state index is 0.0172. The monoisotopic (exact) mass is 413 g/mol. The molecule has 152 valence electrons. The number of hydrogen-bond acceptors (Lipinski definition) is 7. The van der Waals surface area contributed by atoms with Crippen molar-refractivity contribution in [3.63, 3.8) is 0 Å². The molecule has 8 heteroatoms. The van der Waals surface area contributed by atoms with E-state index in [2.05, 4.69) is 10.1 Å². The molecule has 0 saturated carbocycles. The molecule has 2 aromatic heterocycles. The number of thiophene rings is 1. The summed E-state index contributed by atoms with van der Waals surface area (Å²) in [7, 11) is 3.16. The number of piperidine rings is 1. The molecule has 1 unspecified atom stereocenters. The summed E-state index contributed by atoms with van der Waals surface area (Å²) in [5.41, 5.74) is 1.54. The van der Waals surface area contributed by atoms with Crippen molar-refractivity contribution in [2.75, 3.05) is 27.3 Å². The highest BCUT2D eigenvalue weighted by Crippen LogP contribution is 2.27. The molecule has 0 aliphatic carbocycles. The van der Waals surface area contributed by atoms with E-state index in [0.717, 1.165) is 24.9 Å². The van der Waals surface area contributed by atoms with E-state index >= 15 is 0 Å². The maximum absolute atomic E-state index is 13.1. The average molecular weight is 413 g/mol. The first-order chi connectivity index (χ1) is 14.2. The number of ether oxygens (including phenoxy) is 2. The summed E-state index contributed by atoms with van der Waals surface area (Å²) in [5.74, 6) is 2.72. The Hall–Kier alpha value is -2.87. The lowest BCUT2D eigenvalue weighted by molar-refractivity contribution is 0.0667. The summed E-state index contributed by atoms with van der Waals surface area (Å²) in [6.45, 7) is 1.40. The molecule has 0 spiro atoms. The molecule has 0 bridgehead atoms. The van der Waals surface area contributed by atoms with Crippen LogP contribution < -0.4 is 9.47 Å². The van der Waals surface area contributed by atoms with E-state index in [0.29, 0.717) is 41.7 Å². The molecule has 1 atom stereocenters. The molecular weight excluding hydrogens is 390 g/mol. The Balaban J connectivity index is 1.44. The fraction of sp³-hybridized carbons (Fsp3) is 0.381. The van der Waals surface area contributed by atoms with Crippen LogP contribution in [0.1, 0.15) is 29.1 Å². The van der Waals surface area contributed by atoms with Gasteiger partial charge in [0.15, 0.2) is 0 Å². The summed E-state index contributed by atoms with van der Waals surface area (Å²) in [5, 5.41) is 8.06. The van der Waals surface area contributed by atoms with E-state index in [1.807, 2.05) is 21.7 Å². The highest BCUT2D eigenvalue weighted by Gasteiger charge is 2.27. The molecule has 1 fully saturated rings. The van der Waals surface area contributed by atoms with Crippen LogP contribution in [0.4, 0.5) is 0 Å². The molecule has 3 heterocycles. The van der Waals surface area contributed by atoms with E-state index in [1.54, 1.807) is 43.8 Å². The van der Waals surface area contributed by atoms with Gasteiger partial charge in [-0.3, -0.25) is 4.79 Å². The summed E-state index contributed by atoms with van der Waals surface area (Å²) in [4.78, 5) is 19.5. The van der Waals surface area contributed by atoms with Gasteiger partial charge in [0.05, 0.1) is 14.2 Å². The number of carbonyl (C=O) groups is 1. The van der Waals surface area contributed by atoms with Crippen LogP contribution in [0.3, 0.4) is 0 Å². The molecule has 1 aromatic carbocycles. The van der Waals surface area contributed by atoms with Crippen molar-refractivity contribution in [2.24, 2.45) is 5.92 Å². The summed E-state index contributed by atoms with van der Waals surface area (Å²) in [6, 6.07) is 7.23. The Morgan fingerprint density at radius 1 is 1.28 bits per heavy atom. The zero-order chi connectivity index (χ0) is 20.2. The summed E-state index contributed by atoms with van der Waals surface area (Å²) < 4.78 is 16.0. The maximum atomic E-state index is 13.1. The van der Waals surface area contributed by atoms with Crippen LogP contribution in [0.25, 0.3) is 11.4 Å². The number of nitrogens with zero attached hydrogens (tertiary/aromatic N) is 3. The van der Waals surface area contributed by atoms with E-state index in [-0.39, 0.29) is 11.8 Å². The fourth-order valence-corrected chi connectivity index (χ4v) is 4.26. The van der Waals surface area contributed by atoms with E-state index in [4.69, 9.17) is 14.0 Å². The third kappa shape index (κ3) is 4.42. The van der Waals surface area contributed by atoms with Crippen molar-refractivity contribution in [1.29, 1.82) is 0 Å². The van der Waals surface area contributed by atoms with Gasteiger partial charge in [-0.15, -0.1) is 0 Å². The fourth-order valence-electron chi connectivity index (χ4n) is 3.62. The second-order valence-corrected chi connectivity index (χ2v) is 7.87. The first-order valence-electron chi connectivity index (χ1n) is 9.53. The quantitative estimate of drug-likeness (QED) is 0.610. The third-order valence-electron chi connectivity index (χ3n) is 5.12. The second-order valence-electron chi connectivity index (χ2n) is 7.09. The molecule has 0 radical (unpaired) electrons. The van der Waals surface area contributed by atoms with E-state index in [9.17, 15) is 4.79 Å². The van der Waals surface area contributed by atoms with E-state index < -0.39 is 0 Å². The van der Waals surface area contributed by atoms with Gasteiger partial charge in [-0.2, -0.15) is 16.3 Å². The zero-order valence-electron chi connectivity index (χ0n) is 16.5. The number of hydrogen-bond donors (Lipinski definition) is 0. The zero-order valence-corrected chi connectivity index (χ0v) is 17.3. The lowest BCUT2D eigenvalue weighted by atomic mass is 9.94. The Labute approximate surface area is 173 Å². The molecule has 1 amide bonds. The number of benzene rings is 1. The van der Waals surface area contributed by atoms with Gasteiger partial charge in [0.2, 0.25) is 11.7 Å². The second kappa shape index (κ2) is 8.65. The predicted octanol–water partition coefficient (Wildman–Crippen LogP) is 3.91. The predicted molar refractivity (Wildman–Crippen MR) is 109 cm³/mol. The normalized spacial score (nSPS) is 16.6. The molecule has 1 aliphatic rings. The molecule has 0 N–H and O–H groups in total. The maximum Gasteiger partial charge on any atom is 0.254 e. The minimum atomic E-state index is -0.0172. The highest BCUT2D eigenvalue weighted by atomic mass is 32.1. The minimum Gasteiger partial charge on any atom is -0.497 e. The van der Waals surface area contributed by atoms with Gasteiger partial charge >= 0.3 is 0 Å². The number of amides is 1. The first-order valence-corrected chi connectivity index (χ1v) is 10.5. The van der Waals surface area contributed by atoms with Crippen LogP contribution in [-0.2, 0) is 6.42 Å². The van der Waals surface area contributed by atoms with Gasteiger partial charge in [-0.25, -0.2) is 0 Å². The van der Waals surface area contributed by atoms with Gasteiger partial charge in [0.25, 0.3) is 5.91 Å². The SMILES string of the molecule is COc1cc(OC)cc(C(=O)N2CCCC(Cc3nc(-c4ccsc4)no3)C2)c1.